The molecule has 3 aromatic rings. The predicted molar refractivity (Wildman–Crippen MR) is 117 cm³/mol. The fourth-order valence-electron chi connectivity index (χ4n) is 4.27. The molecule has 2 heterocycles. The van der Waals surface area contributed by atoms with Crippen LogP contribution < -0.4 is 10.1 Å². The Labute approximate surface area is 185 Å². The van der Waals surface area contributed by atoms with Gasteiger partial charge in [0.25, 0.3) is 0 Å². The summed E-state index contributed by atoms with van der Waals surface area (Å²) in [6.45, 7) is 1.96. The van der Waals surface area contributed by atoms with E-state index in [2.05, 4.69) is 27.4 Å². The van der Waals surface area contributed by atoms with Gasteiger partial charge in [0.2, 0.25) is 5.91 Å². The van der Waals surface area contributed by atoms with Crippen molar-refractivity contribution in [2.24, 2.45) is 11.8 Å². The summed E-state index contributed by atoms with van der Waals surface area (Å²) in [6, 6.07) is 10.4. The lowest BCUT2D eigenvalue weighted by Crippen LogP contribution is -2.30. The van der Waals surface area contributed by atoms with Gasteiger partial charge in [-0.2, -0.15) is 0 Å². The minimum atomic E-state index is -0.797. The zero-order valence-corrected chi connectivity index (χ0v) is 17.8. The molecule has 0 unspecified atom stereocenters. The van der Waals surface area contributed by atoms with Crippen LogP contribution in [0.25, 0.3) is 0 Å². The molecule has 7 heteroatoms. The van der Waals surface area contributed by atoms with Gasteiger partial charge < -0.3 is 10.1 Å². The van der Waals surface area contributed by atoms with Gasteiger partial charge in [0, 0.05) is 24.4 Å². The molecule has 4 rings (SSSR count). The smallest absolute Gasteiger partial charge is 0.228 e. The minimum absolute atomic E-state index is 0.0730. The highest BCUT2D eigenvalue weighted by atomic mass is 19.1. The van der Waals surface area contributed by atoms with E-state index in [-0.39, 0.29) is 23.3 Å². The second-order valence-electron chi connectivity index (χ2n) is 8.24. The molecule has 2 aromatic heterocycles. The highest BCUT2D eigenvalue weighted by Crippen LogP contribution is 2.39. The third kappa shape index (κ3) is 5.28. The van der Waals surface area contributed by atoms with Crippen LogP contribution in [0, 0.1) is 23.5 Å². The van der Waals surface area contributed by atoms with Crippen molar-refractivity contribution in [2.75, 3.05) is 5.32 Å². The summed E-state index contributed by atoms with van der Waals surface area (Å²) >= 11 is 0. The van der Waals surface area contributed by atoms with Gasteiger partial charge >= 0.3 is 0 Å². The van der Waals surface area contributed by atoms with Crippen LogP contribution in [0.4, 0.5) is 14.6 Å². The number of carbonyl (C=O) groups excluding carboxylic acids is 1. The van der Waals surface area contributed by atoms with Gasteiger partial charge in [0.15, 0.2) is 11.6 Å². The fourth-order valence-corrected chi connectivity index (χ4v) is 4.27. The quantitative estimate of drug-likeness (QED) is 0.506. The summed E-state index contributed by atoms with van der Waals surface area (Å²) in [5, 5.41) is 2.86. The minimum Gasteiger partial charge on any atom is -0.453 e. The van der Waals surface area contributed by atoms with Crippen LogP contribution in [-0.4, -0.2) is 15.9 Å². The number of nitrogens with one attached hydrogen (secondary N) is 1. The molecule has 0 spiro atoms. The molecule has 1 aliphatic carbocycles. The standard InChI is InChI=1S/C25H25F2N3O2/c1-16(18-3-2-4-19(13-18)17-9-11-28-12-10-17)25(31)30-24-8-6-21(15-29-24)32-23-7-5-20(26)14-22(23)27/h5-12,14-16,18-19H,2-4,13H2,1H3,(H,29,30,31)/t16-,18+,19-/m1/s1. The molecule has 1 aromatic carbocycles. The van der Waals surface area contributed by atoms with Crippen LogP contribution in [0.1, 0.15) is 44.1 Å². The summed E-state index contributed by atoms with van der Waals surface area (Å²) < 4.78 is 32.2. The summed E-state index contributed by atoms with van der Waals surface area (Å²) in [7, 11) is 0. The van der Waals surface area contributed by atoms with Crippen molar-refractivity contribution in [3.8, 4) is 11.5 Å². The summed E-state index contributed by atoms with van der Waals surface area (Å²) in [5.41, 5.74) is 1.28. The first-order chi connectivity index (χ1) is 15.5. The number of anilines is 1. The van der Waals surface area contributed by atoms with Gasteiger partial charge in [-0.15, -0.1) is 0 Å². The lowest BCUT2D eigenvalue weighted by molar-refractivity contribution is -0.121. The van der Waals surface area contributed by atoms with E-state index >= 15 is 0 Å². The summed E-state index contributed by atoms with van der Waals surface area (Å²) in [4.78, 5) is 21.1. The van der Waals surface area contributed by atoms with Gasteiger partial charge in [-0.1, -0.05) is 13.3 Å². The van der Waals surface area contributed by atoms with Crippen LogP contribution in [0.5, 0.6) is 11.5 Å². The number of pyridine rings is 2. The molecule has 166 valence electrons. The van der Waals surface area contributed by atoms with Crippen LogP contribution in [0.3, 0.4) is 0 Å². The van der Waals surface area contributed by atoms with Gasteiger partial charge in [-0.25, -0.2) is 13.8 Å². The van der Waals surface area contributed by atoms with E-state index in [1.54, 1.807) is 12.1 Å². The first-order valence-corrected chi connectivity index (χ1v) is 10.8. The summed E-state index contributed by atoms with van der Waals surface area (Å²) in [5.74, 6) is -0.357. The van der Waals surface area contributed by atoms with Crippen molar-refractivity contribution in [3.05, 3.63) is 78.3 Å². The van der Waals surface area contributed by atoms with E-state index in [0.717, 1.165) is 37.8 Å². The molecule has 5 nitrogen and oxygen atoms in total. The molecule has 0 aliphatic heterocycles. The summed E-state index contributed by atoms with van der Waals surface area (Å²) in [6.07, 6.45) is 9.26. The average Bonchev–Trinajstić information content (AvgIpc) is 2.82. The van der Waals surface area contributed by atoms with Crippen molar-refractivity contribution in [2.45, 2.75) is 38.5 Å². The third-order valence-electron chi connectivity index (χ3n) is 6.12. The Hall–Kier alpha value is -3.35. The lowest BCUT2D eigenvalue weighted by atomic mass is 9.73. The number of hydrogen-bond donors (Lipinski definition) is 1. The number of hydrogen-bond acceptors (Lipinski definition) is 4. The van der Waals surface area contributed by atoms with Crippen molar-refractivity contribution in [1.29, 1.82) is 0 Å². The molecule has 32 heavy (non-hydrogen) atoms. The molecule has 1 N–H and O–H groups in total. The van der Waals surface area contributed by atoms with Gasteiger partial charge in [0.05, 0.1) is 6.20 Å². The second-order valence-corrected chi connectivity index (χ2v) is 8.24. The van der Waals surface area contributed by atoms with Crippen LogP contribution in [-0.2, 0) is 4.79 Å². The Morgan fingerprint density at radius 2 is 1.94 bits per heavy atom. The van der Waals surface area contributed by atoms with Crippen LogP contribution >= 0.6 is 0 Å². The SMILES string of the molecule is C[C@@H](C(=O)Nc1ccc(Oc2ccc(F)cc2F)cn1)[C@H]1CCC[C@@H](c2ccncc2)C1. The van der Waals surface area contributed by atoms with Crippen molar-refractivity contribution >= 4 is 11.7 Å². The number of benzene rings is 1. The number of halogens is 2. The van der Waals surface area contributed by atoms with E-state index in [0.29, 0.717) is 17.7 Å². The lowest BCUT2D eigenvalue weighted by Gasteiger charge is -2.32. The van der Waals surface area contributed by atoms with Crippen molar-refractivity contribution < 1.29 is 18.3 Å². The highest BCUT2D eigenvalue weighted by Gasteiger charge is 2.30. The second kappa shape index (κ2) is 9.85. The number of rotatable bonds is 6. The maximum absolute atomic E-state index is 13.7. The number of ether oxygens (including phenoxy) is 1. The molecule has 1 saturated carbocycles. The molecule has 0 bridgehead atoms. The predicted octanol–water partition coefficient (Wildman–Crippen LogP) is 6.10. The van der Waals surface area contributed by atoms with Gasteiger partial charge in [-0.3, -0.25) is 9.78 Å². The van der Waals surface area contributed by atoms with Crippen molar-refractivity contribution in [3.63, 3.8) is 0 Å². The molecular weight excluding hydrogens is 412 g/mol. The first-order valence-electron chi connectivity index (χ1n) is 10.8. The monoisotopic (exact) mass is 437 g/mol. The van der Waals surface area contributed by atoms with E-state index in [1.165, 1.54) is 17.8 Å². The number of aromatic nitrogens is 2. The largest absolute Gasteiger partial charge is 0.453 e. The zero-order valence-electron chi connectivity index (χ0n) is 17.8. The number of amides is 1. The molecule has 1 fully saturated rings. The molecule has 0 saturated heterocycles. The maximum atomic E-state index is 13.7. The third-order valence-corrected chi connectivity index (χ3v) is 6.12. The van der Waals surface area contributed by atoms with E-state index in [4.69, 9.17) is 4.74 Å². The normalized spacial score (nSPS) is 19.2. The topological polar surface area (TPSA) is 64.1 Å². The molecular formula is C25H25F2N3O2. The Bertz CT molecular complexity index is 1060. The number of carbonyl (C=O) groups is 1. The van der Waals surface area contributed by atoms with E-state index in [1.807, 2.05) is 19.3 Å². The van der Waals surface area contributed by atoms with Crippen molar-refractivity contribution in [1.82, 2.24) is 9.97 Å². The molecule has 0 radical (unpaired) electrons. The van der Waals surface area contributed by atoms with Gasteiger partial charge in [0.1, 0.15) is 17.4 Å². The fraction of sp³-hybridized carbons (Fsp3) is 0.320. The van der Waals surface area contributed by atoms with Gasteiger partial charge in [-0.05, 0) is 73.1 Å². The molecule has 1 amide bonds. The number of nitrogens with zero attached hydrogens (tertiary/aromatic N) is 2. The molecule has 1 aliphatic rings. The van der Waals surface area contributed by atoms with E-state index < -0.39 is 11.6 Å². The highest BCUT2D eigenvalue weighted by molar-refractivity contribution is 5.91. The molecule has 3 atom stereocenters. The Kier molecular flexibility index (Phi) is 6.73. The van der Waals surface area contributed by atoms with E-state index in [9.17, 15) is 13.6 Å². The van der Waals surface area contributed by atoms with Crippen LogP contribution in [0.15, 0.2) is 61.1 Å². The first kappa shape index (κ1) is 21.9. The zero-order chi connectivity index (χ0) is 22.5. The Balaban J connectivity index is 1.35. The maximum Gasteiger partial charge on any atom is 0.228 e. The Morgan fingerprint density at radius 1 is 1.12 bits per heavy atom. The Morgan fingerprint density at radius 3 is 2.66 bits per heavy atom. The van der Waals surface area contributed by atoms with Crippen LogP contribution in [0.2, 0.25) is 0 Å². The average molecular weight is 437 g/mol.